The number of nitrogens with two attached hydrogens (primary N) is 1. The van der Waals surface area contributed by atoms with Crippen molar-refractivity contribution in [1.82, 2.24) is 9.80 Å². The van der Waals surface area contributed by atoms with E-state index in [1.807, 2.05) is 42.5 Å². The van der Waals surface area contributed by atoms with Crippen LogP contribution < -0.4 is 15.2 Å². The zero-order chi connectivity index (χ0) is 25.1. The van der Waals surface area contributed by atoms with Gasteiger partial charge in [0.15, 0.2) is 0 Å². The lowest BCUT2D eigenvalue weighted by Crippen LogP contribution is -2.43. The van der Waals surface area contributed by atoms with Gasteiger partial charge >= 0.3 is 0 Å². The lowest BCUT2D eigenvalue weighted by atomic mass is 10.0. The van der Waals surface area contributed by atoms with Crippen LogP contribution in [0, 0.1) is 11.3 Å². The second-order valence-corrected chi connectivity index (χ2v) is 11.0. The second-order valence-electron chi connectivity index (χ2n) is 11.0. The standard InChI is InChI=1S/C15H22N2O.C15H18N2O/c2*1-17-12-5-6-13(17)9-15(8-12)18-14-4-2-3-11(7-14)10-16/h2-4,7,12-13,15H,5-6,8-10,16H2,1H3;2-4,7,12-13,15H,5-6,8-9H2,1H3/t2*12-,13+,15?. The van der Waals surface area contributed by atoms with E-state index in [4.69, 9.17) is 20.5 Å². The Hall–Kier alpha value is -2.59. The molecule has 2 N–H and O–H groups in total. The molecule has 0 saturated carbocycles. The van der Waals surface area contributed by atoms with E-state index in [0.717, 1.165) is 42.0 Å². The first-order chi connectivity index (χ1) is 17.5. The van der Waals surface area contributed by atoms with Crippen LogP contribution in [-0.2, 0) is 6.54 Å². The zero-order valence-corrected chi connectivity index (χ0v) is 21.7. The van der Waals surface area contributed by atoms with Crippen LogP contribution in [-0.4, -0.2) is 60.3 Å². The molecule has 6 atom stereocenters. The summed E-state index contributed by atoms with van der Waals surface area (Å²) in [6.45, 7) is 0.579. The topological polar surface area (TPSA) is 74.8 Å². The molecule has 0 aliphatic carbocycles. The Morgan fingerprint density at radius 1 is 0.778 bits per heavy atom. The maximum atomic E-state index is 8.88. The molecule has 0 radical (unpaired) electrons. The predicted octanol–water partition coefficient (Wildman–Crippen LogP) is 4.71. The Kier molecular flexibility index (Phi) is 7.81. The largest absolute Gasteiger partial charge is 0.490 e. The molecular formula is C30H40N4O2. The molecular weight excluding hydrogens is 448 g/mol. The zero-order valence-electron chi connectivity index (χ0n) is 21.7. The molecule has 6 rings (SSSR count). The van der Waals surface area contributed by atoms with E-state index in [1.165, 1.54) is 38.5 Å². The van der Waals surface area contributed by atoms with Gasteiger partial charge in [-0.1, -0.05) is 18.2 Å². The van der Waals surface area contributed by atoms with Gasteiger partial charge in [-0.05, 0) is 101 Å². The fourth-order valence-electron chi connectivity index (χ4n) is 6.69. The molecule has 192 valence electrons. The molecule has 0 amide bonds. The number of piperidine rings is 2. The van der Waals surface area contributed by atoms with Gasteiger partial charge in [-0.25, -0.2) is 0 Å². The number of hydrogen-bond acceptors (Lipinski definition) is 6. The van der Waals surface area contributed by atoms with Crippen LogP contribution in [0.3, 0.4) is 0 Å². The van der Waals surface area contributed by atoms with Crippen molar-refractivity contribution in [2.45, 2.75) is 94.3 Å². The van der Waals surface area contributed by atoms with Gasteiger partial charge in [0.25, 0.3) is 0 Å². The average Bonchev–Trinajstić information content (AvgIpc) is 3.22. The Balaban J connectivity index is 0.000000148. The molecule has 4 fully saturated rings. The first-order valence-corrected chi connectivity index (χ1v) is 13.6. The molecule has 2 unspecified atom stereocenters. The highest BCUT2D eigenvalue weighted by Crippen LogP contribution is 2.37. The van der Waals surface area contributed by atoms with Crippen LogP contribution >= 0.6 is 0 Å². The minimum absolute atomic E-state index is 0.313. The van der Waals surface area contributed by atoms with Crippen molar-refractivity contribution in [2.24, 2.45) is 5.73 Å². The quantitative estimate of drug-likeness (QED) is 0.657. The minimum Gasteiger partial charge on any atom is -0.490 e. The summed E-state index contributed by atoms with van der Waals surface area (Å²) < 4.78 is 12.2. The monoisotopic (exact) mass is 488 g/mol. The van der Waals surface area contributed by atoms with E-state index >= 15 is 0 Å². The van der Waals surface area contributed by atoms with Crippen molar-refractivity contribution in [3.63, 3.8) is 0 Å². The lowest BCUT2D eigenvalue weighted by molar-refractivity contribution is 0.0659. The first-order valence-electron chi connectivity index (χ1n) is 13.6. The van der Waals surface area contributed by atoms with Crippen LogP contribution in [0.25, 0.3) is 0 Å². The van der Waals surface area contributed by atoms with Crippen molar-refractivity contribution >= 4 is 0 Å². The molecule has 2 aromatic rings. The maximum absolute atomic E-state index is 8.88. The van der Waals surface area contributed by atoms with Crippen LogP contribution in [0.4, 0.5) is 0 Å². The average molecular weight is 489 g/mol. The van der Waals surface area contributed by atoms with Crippen LogP contribution in [0.2, 0.25) is 0 Å². The third-order valence-corrected chi connectivity index (χ3v) is 8.81. The summed E-state index contributed by atoms with van der Waals surface area (Å²) in [6.07, 6.45) is 10.5. The molecule has 4 aliphatic heterocycles. The number of fused-ring (bicyclic) bond motifs is 4. The Morgan fingerprint density at radius 2 is 1.25 bits per heavy atom. The molecule has 4 aliphatic rings. The van der Waals surface area contributed by atoms with E-state index < -0.39 is 0 Å². The van der Waals surface area contributed by atoms with E-state index in [1.54, 1.807) is 0 Å². The Labute approximate surface area is 216 Å². The van der Waals surface area contributed by atoms with Gasteiger partial charge in [0.1, 0.15) is 23.7 Å². The van der Waals surface area contributed by atoms with Crippen molar-refractivity contribution < 1.29 is 9.47 Å². The van der Waals surface area contributed by atoms with Gasteiger partial charge in [-0.2, -0.15) is 5.26 Å². The Morgan fingerprint density at radius 3 is 1.72 bits per heavy atom. The highest BCUT2D eigenvalue weighted by molar-refractivity contribution is 5.36. The molecule has 36 heavy (non-hydrogen) atoms. The second kappa shape index (κ2) is 11.2. The van der Waals surface area contributed by atoms with Crippen LogP contribution in [0.5, 0.6) is 11.5 Å². The molecule has 0 spiro atoms. The maximum Gasteiger partial charge on any atom is 0.121 e. The highest BCUT2D eigenvalue weighted by Gasteiger charge is 2.40. The van der Waals surface area contributed by atoms with Crippen LogP contribution in [0.1, 0.15) is 62.5 Å². The summed E-state index contributed by atoms with van der Waals surface area (Å²) in [7, 11) is 4.49. The molecule has 0 aromatic heterocycles. The molecule has 6 heteroatoms. The SMILES string of the molecule is CN1[C@@H]2CC[C@H]1CC(Oc1cccc(C#N)c1)C2.CN1[C@@H]2CC[C@H]1CC(Oc1cccc(CN)c1)C2. The van der Waals surface area contributed by atoms with E-state index in [9.17, 15) is 0 Å². The summed E-state index contributed by atoms with van der Waals surface area (Å²) in [5.74, 6) is 1.81. The number of ether oxygens (including phenoxy) is 2. The summed E-state index contributed by atoms with van der Waals surface area (Å²) in [4.78, 5) is 5.04. The van der Waals surface area contributed by atoms with E-state index in [0.29, 0.717) is 36.4 Å². The lowest BCUT2D eigenvalue weighted by Gasteiger charge is -2.36. The van der Waals surface area contributed by atoms with Crippen molar-refractivity contribution in [3.05, 3.63) is 59.7 Å². The smallest absolute Gasteiger partial charge is 0.121 e. The summed E-state index contributed by atoms with van der Waals surface area (Å²) >= 11 is 0. The first kappa shape index (κ1) is 25.1. The Bertz CT molecular complexity index is 1040. The normalized spacial score (nSPS) is 31.3. The summed E-state index contributed by atoms with van der Waals surface area (Å²) in [6, 6.07) is 20.6. The number of rotatable bonds is 5. The van der Waals surface area contributed by atoms with Crippen molar-refractivity contribution in [3.8, 4) is 17.6 Å². The van der Waals surface area contributed by atoms with Gasteiger partial charge in [0, 0.05) is 30.7 Å². The van der Waals surface area contributed by atoms with E-state index in [2.05, 4.69) is 36.0 Å². The van der Waals surface area contributed by atoms with Gasteiger partial charge in [0.05, 0.1) is 11.6 Å². The third kappa shape index (κ3) is 5.70. The molecule has 4 heterocycles. The van der Waals surface area contributed by atoms with Crippen molar-refractivity contribution in [2.75, 3.05) is 14.1 Å². The van der Waals surface area contributed by atoms with Gasteiger partial charge in [0.2, 0.25) is 0 Å². The molecule has 6 nitrogen and oxygen atoms in total. The number of benzene rings is 2. The molecule has 4 saturated heterocycles. The fraction of sp³-hybridized carbons (Fsp3) is 0.567. The number of hydrogen-bond donors (Lipinski definition) is 1. The minimum atomic E-state index is 0.313. The summed E-state index contributed by atoms with van der Waals surface area (Å²) in [5.41, 5.74) is 7.47. The van der Waals surface area contributed by atoms with Gasteiger partial charge < -0.3 is 25.0 Å². The molecule has 2 aromatic carbocycles. The summed E-state index contributed by atoms with van der Waals surface area (Å²) in [5, 5.41) is 8.88. The van der Waals surface area contributed by atoms with Crippen LogP contribution in [0.15, 0.2) is 48.5 Å². The van der Waals surface area contributed by atoms with E-state index in [-0.39, 0.29) is 0 Å². The highest BCUT2D eigenvalue weighted by atomic mass is 16.5. The van der Waals surface area contributed by atoms with Gasteiger partial charge in [-0.15, -0.1) is 0 Å². The number of nitriles is 1. The predicted molar refractivity (Wildman–Crippen MR) is 142 cm³/mol. The van der Waals surface area contributed by atoms with Gasteiger partial charge in [-0.3, -0.25) is 0 Å². The van der Waals surface area contributed by atoms with Crippen molar-refractivity contribution in [1.29, 1.82) is 5.26 Å². The third-order valence-electron chi connectivity index (χ3n) is 8.81. The number of nitrogens with zero attached hydrogens (tertiary/aromatic N) is 3. The fourth-order valence-corrected chi connectivity index (χ4v) is 6.69. The molecule has 4 bridgehead atoms.